The molecule has 2 aromatic heterocycles. The summed E-state index contributed by atoms with van der Waals surface area (Å²) in [6.07, 6.45) is 3.68. The first-order valence-corrected chi connectivity index (χ1v) is 6.71. The van der Waals surface area contributed by atoms with Crippen molar-refractivity contribution in [3.05, 3.63) is 48.3 Å². The Labute approximate surface area is 116 Å². The van der Waals surface area contributed by atoms with Crippen LogP contribution in [0.15, 0.2) is 42.7 Å². The van der Waals surface area contributed by atoms with E-state index in [9.17, 15) is 0 Å². The number of nitrogens with zero attached hydrogens (tertiary/aromatic N) is 3. The molecule has 0 bridgehead atoms. The number of rotatable bonds is 1. The number of hydrogen-bond acceptors (Lipinski definition) is 4. The van der Waals surface area contributed by atoms with Crippen LogP contribution in [0.25, 0.3) is 10.9 Å². The van der Waals surface area contributed by atoms with Gasteiger partial charge in [0.2, 0.25) is 0 Å². The lowest BCUT2D eigenvalue weighted by Crippen LogP contribution is -2.26. The number of anilines is 2. The SMILES string of the molecule is Nc1ccc2nn3c(c2c1)NCC(c1ccncc1)C3. The van der Waals surface area contributed by atoms with Gasteiger partial charge in [0.05, 0.1) is 12.1 Å². The Morgan fingerprint density at radius 1 is 1.20 bits per heavy atom. The van der Waals surface area contributed by atoms with Gasteiger partial charge >= 0.3 is 0 Å². The van der Waals surface area contributed by atoms with Crippen molar-refractivity contribution in [3.63, 3.8) is 0 Å². The van der Waals surface area contributed by atoms with Crippen LogP contribution >= 0.6 is 0 Å². The molecular weight excluding hydrogens is 250 g/mol. The van der Waals surface area contributed by atoms with Gasteiger partial charge in [0.25, 0.3) is 0 Å². The molecular formula is C15H15N5. The van der Waals surface area contributed by atoms with Crippen LogP contribution in [-0.2, 0) is 6.54 Å². The highest BCUT2D eigenvalue weighted by Gasteiger charge is 2.22. The predicted octanol–water partition coefficient (Wildman–Crippen LogP) is 2.22. The fourth-order valence-corrected chi connectivity index (χ4v) is 2.82. The molecule has 4 rings (SSSR count). The highest BCUT2D eigenvalue weighted by Crippen LogP contribution is 2.31. The summed E-state index contributed by atoms with van der Waals surface area (Å²) in [5.74, 6) is 1.48. The zero-order valence-corrected chi connectivity index (χ0v) is 11.0. The molecule has 1 aliphatic rings. The number of pyridine rings is 1. The van der Waals surface area contributed by atoms with Crippen LogP contribution in [-0.4, -0.2) is 21.3 Å². The average Bonchev–Trinajstić information content (AvgIpc) is 2.85. The number of nitrogens with two attached hydrogens (primary N) is 1. The van der Waals surface area contributed by atoms with Crippen LogP contribution in [0.2, 0.25) is 0 Å². The Morgan fingerprint density at radius 3 is 2.90 bits per heavy atom. The summed E-state index contributed by atoms with van der Waals surface area (Å²) in [4.78, 5) is 4.07. The molecule has 1 aliphatic heterocycles. The second-order valence-electron chi connectivity index (χ2n) is 5.17. The molecule has 1 atom stereocenters. The Balaban J connectivity index is 1.75. The molecule has 0 saturated carbocycles. The Morgan fingerprint density at radius 2 is 2.05 bits per heavy atom. The van der Waals surface area contributed by atoms with Crippen LogP contribution in [0.3, 0.4) is 0 Å². The van der Waals surface area contributed by atoms with Gasteiger partial charge in [-0.3, -0.25) is 4.98 Å². The Bertz CT molecular complexity index is 763. The highest BCUT2D eigenvalue weighted by atomic mass is 15.3. The van der Waals surface area contributed by atoms with E-state index >= 15 is 0 Å². The van der Waals surface area contributed by atoms with Crippen molar-refractivity contribution < 1.29 is 0 Å². The van der Waals surface area contributed by atoms with Crippen molar-refractivity contribution in [1.82, 2.24) is 14.8 Å². The monoisotopic (exact) mass is 265 g/mol. The number of hydrogen-bond donors (Lipinski definition) is 2. The molecule has 0 amide bonds. The molecule has 3 heterocycles. The molecule has 0 aliphatic carbocycles. The van der Waals surface area contributed by atoms with Gasteiger partial charge in [-0.25, -0.2) is 4.68 Å². The molecule has 20 heavy (non-hydrogen) atoms. The van der Waals surface area contributed by atoms with Crippen molar-refractivity contribution in [2.75, 3.05) is 17.6 Å². The van der Waals surface area contributed by atoms with Gasteiger partial charge < -0.3 is 11.1 Å². The largest absolute Gasteiger partial charge is 0.399 e. The maximum atomic E-state index is 5.86. The molecule has 0 fully saturated rings. The number of benzene rings is 1. The summed E-state index contributed by atoms with van der Waals surface area (Å²) >= 11 is 0. The normalized spacial score (nSPS) is 17.7. The van der Waals surface area contributed by atoms with E-state index in [1.165, 1.54) is 5.56 Å². The van der Waals surface area contributed by atoms with Crippen molar-refractivity contribution in [3.8, 4) is 0 Å². The van der Waals surface area contributed by atoms with Crippen LogP contribution < -0.4 is 11.1 Å². The van der Waals surface area contributed by atoms with Crippen LogP contribution in [0.4, 0.5) is 11.5 Å². The van der Waals surface area contributed by atoms with E-state index in [-0.39, 0.29) is 0 Å². The third kappa shape index (κ3) is 1.71. The minimum atomic E-state index is 0.414. The summed E-state index contributed by atoms with van der Waals surface area (Å²) in [6.45, 7) is 1.78. The molecule has 5 nitrogen and oxygen atoms in total. The zero-order valence-electron chi connectivity index (χ0n) is 11.0. The minimum absolute atomic E-state index is 0.414. The third-order valence-corrected chi connectivity index (χ3v) is 3.85. The second-order valence-corrected chi connectivity index (χ2v) is 5.17. The lowest BCUT2D eigenvalue weighted by atomic mass is 9.99. The van der Waals surface area contributed by atoms with Gasteiger partial charge in [-0.1, -0.05) is 0 Å². The number of aromatic nitrogens is 3. The van der Waals surface area contributed by atoms with Crippen molar-refractivity contribution in [1.29, 1.82) is 0 Å². The average molecular weight is 265 g/mol. The second kappa shape index (κ2) is 4.23. The first-order valence-electron chi connectivity index (χ1n) is 6.71. The highest BCUT2D eigenvalue weighted by molar-refractivity contribution is 5.92. The van der Waals surface area contributed by atoms with Crippen LogP contribution in [0.1, 0.15) is 11.5 Å². The van der Waals surface area contributed by atoms with E-state index in [1.807, 2.05) is 35.3 Å². The van der Waals surface area contributed by atoms with E-state index in [0.29, 0.717) is 5.92 Å². The molecule has 5 heteroatoms. The first kappa shape index (κ1) is 11.3. The van der Waals surface area contributed by atoms with Crippen molar-refractivity contribution in [2.45, 2.75) is 12.5 Å². The minimum Gasteiger partial charge on any atom is -0.399 e. The van der Waals surface area contributed by atoms with Crippen molar-refractivity contribution >= 4 is 22.4 Å². The summed E-state index contributed by atoms with van der Waals surface area (Å²) in [5.41, 5.74) is 8.91. The summed E-state index contributed by atoms with van der Waals surface area (Å²) in [7, 11) is 0. The predicted molar refractivity (Wildman–Crippen MR) is 79.6 cm³/mol. The summed E-state index contributed by atoms with van der Waals surface area (Å²) in [6, 6.07) is 9.98. The topological polar surface area (TPSA) is 68.8 Å². The van der Waals surface area contributed by atoms with Gasteiger partial charge in [0, 0.05) is 35.9 Å². The van der Waals surface area contributed by atoms with Crippen molar-refractivity contribution in [2.24, 2.45) is 0 Å². The fraction of sp³-hybridized carbons (Fsp3) is 0.200. The van der Waals surface area contributed by atoms with Gasteiger partial charge in [0.1, 0.15) is 5.82 Å². The molecule has 0 radical (unpaired) electrons. The smallest absolute Gasteiger partial charge is 0.132 e. The lowest BCUT2D eigenvalue weighted by Gasteiger charge is -2.25. The molecule has 1 aromatic carbocycles. The number of nitrogens with one attached hydrogen (secondary N) is 1. The number of nitrogen functional groups attached to an aromatic ring is 1. The van der Waals surface area contributed by atoms with Gasteiger partial charge in [-0.05, 0) is 35.9 Å². The number of fused-ring (bicyclic) bond motifs is 3. The van der Waals surface area contributed by atoms with E-state index in [1.54, 1.807) is 0 Å². The molecule has 1 unspecified atom stereocenters. The Hall–Kier alpha value is -2.56. The van der Waals surface area contributed by atoms with Gasteiger partial charge in [-0.15, -0.1) is 0 Å². The molecule has 0 spiro atoms. The lowest BCUT2D eigenvalue weighted by molar-refractivity contribution is 0.509. The molecule has 0 saturated heterocycles. The van der Waals surface area contributed by atoms with Crippen LogP contribution in [0.5, 0.6) is 0 Å². The van der Waals surface area contributed by atoms with E-state index < -0.39 is 0 Å². The quantitative estimate of drug-likeness (QED) is 0.662. The molecule has 3 aromatic rings. The summed E-state index contributed by atoms with van der Waals surface area (Å²) < 4.78 is 2.04. The fourth-order valence-electron chi connectivity index (χ4n) is 2.82. The summed E-state index contributed by atoms with van der Waals surface area (Å²) in [5, 5.41) is 9.23. The van der Waals surface area contributed by atoms with E-state index in [0.717, 1.165) is 35.5 Å². The Kier molecular flexibility index (Phi) is 2.39. The molecule has 100 valence electrons. The standard InChI is InChI=1S/C15H15N5/c16-12-1-2-14-13(7-12)15-18-8-11(9-20(15)19-14)10-3-5-17-6-4-10/h1-7,11,18H,8-9,16H2. The van der Waals surface area contributed by atoms with E-state index in [4.69, 9.17) is 5.73 Å². The molecule has 3 N–H and O–H groups in total. The maximum absolute atomic E-state index is 5.86. The zero-order chi connectivity index (χ0) is 13.5. The maximum Gasteiger partial charge on any atom is 0.132 e. The van der Waals surface area contributed by atoms with Gasteiger partial charge in [0.15, 0.2) is 0 Å². The van der Waals surface area contributed by atoms with E-state index in [2.05, 4.69) is 27.5 Å². The third-order valence-electron chi connectivity index (χ3n) is 3.85. The van der Waals surface area contributed by atoms with Crippen LogP contribution in [0, 0.1) is 0 Å². The first-order chi connectivity index (χ1) is 9.81. The van der Waals surface area contributed by atoms with Gasteiger partial charge in [-0.2, -0.15) is 5.10 Å².